The van der Waals surface area contributed by atoms with Gasteiger partial charge in [0.15, 0.2) is 0 Å². The van der Waals surface area contributed by atoms with Crippen molar-refractivity contribution in [3.05, 3.63) is 6.61 Å². The third-order valence-corrected chi connectivity index (χ3v) is 2.78. The van der Waals surface area contributed by atoms with E-state index in [0.29, 0.717) is 12.0 Å². The maximum atomic E-state index is 5.72. The van der Waals surface area contributed by atoms with Crippen molar-refractivity contribution in [1.29, 1.82) is 0 Å². The Morgan fingerprint density at radius 2 is 2.08 bits per heavy atom. The SMILES string of the molecule is [C]1CC(C2CCCCO2)CCO1. The molecule has 0 aromatic heterocycles. The molecule has 2 saturated heterocycles. The van der Waals surface area contributed by atoms with Crippen LogP contribution >= 0.6 is 0 Å². The first-order valence-electron chi connectivity index (χ1n) is 4.93. The molecule has 0 N–H and O–H groups in total. The number of ether oxygens (including phenoxy) is 2. The van der Waals surface area contributed by atoms with Crippen LogP contribution in [-0.4, -0.2) is 19.3 Å². The first-order chi connectivity index (χ1) is 5.97. The molecule has 0 saturated carbocycles. The lowest BCUT2D eigenvalue weighted by Gasteiger charge is -2.32. The van der Waals surface area contributed by atoms with Gasteiger partial charge in [0.05, 0.1) is 6.10 Å². The highest BCUT2D eigenvalue weighted by Gasteiger charge is 2.26. The van der Waals surface area contributed by atoms with Gasteiger partial charge in [0.25, 0.3) is 0 Å². The van der Waals surface area contributed by atoms with Gasteiger partial charge in [-0.2, -0.15) is 0 Å². The smallest absolute Gasteiger partial charge is 0.132 e. The van der Waals surface area contributed by atoms with Gasteiger partial charge in [-0.25, -0.2) is 0 Å². The topological polar surface area (TPSA) is 18.5 Å². The van der Waals surface area contributed by atoms with Gasteiger partial charge in [-0.15, -0.1) is 0 Å². The fourth-order valence-corrected chi connectivity index (χ4v) is 2.01. The van der Waals surface area contributed by atoms with Gasteiger partial charge >= 0.3 is 0 Å². The Kier molecular flexibility index (Phi) is 3.01. The molecule has 2 rings (SSSR count). The maximum Gasteiger partial charge on any atom is 0.132 e. The van der Waals surface area contributed by atoms with E-state index in [4.69, 9.17) is 9.47 Å². The molecule has 2 unspecified atom stereocenters. The van der Waals surface area contributed by atoms with Crippen LogP contribution in [0.1, 0.15) is 32.1 Å². The summed E-state index contributed by atoms with van der Waals surface area (Å²) >= 11 is 0. The number of hydrogen-bond acceptors (Lipinski definition) is 2. The first-order valence-corrected chi connectivity index (χ1v) is 4.93. The second-order valence-electron chi connectivity index (χ2n) is 3.65. The summed E-state index contributed by atoms with van der Waals surface area (Å²) in [5.41, 5.74) is 0. The highest BCUT2D eigenvalue weighted by molar-refractivity contribution is 4.78. The van der Waals surface area contributed by atoms with Gasteiger partial charge in [0.1, 0.15) is 6.61 Å². The van der Waals surface area contributed by atoms with Gasteiger partial charge in [0.2, 0.25) is 0 Å². The van der Waals surface area contributed by atoms with Crippen LogP contribution in [-0.2, 0) is 9.47 Å². The highest BCUT2D eigenvalue weighted by Crippen LogP contribution is 2.28. The molecule has 2 heteroatoms. The van der Waals surface area contributed by atoms with Crippen molar-refractivity contribution >= 4 is 0 Å². The molecule has 0 aromatic rings. The molecule has 2 radical (unpaired) electrons. The second kappa shape index (κ2) is 4.24. The minimum absolute atomic E-state index is 0.496. The Labute approximate surface area is 74.2 Å². The average Bonchev–Trinajstić information content (AvgIpc) is 2.21. The van der Waals surface area contributed by atoms with Crippen LogP contribution < -0.4 is 0 Å². The van der Waals surface area contributed by atoms with Crippen LogP contribution in [0.5, 0.6) is 0 Å². The summed E-state index contributed by atoms with van der Waals surface area (Å²) in [5, 5.41) is 0. The molecular weight excluding hydrogens is 152 g/mol. The normalized spacial score (nSPS) is 33.5. The lowest BCUT2D eigenvalue weighted by Crippen LogP contribution is -2.31. The van der Waals surface area contributed by atoms with Crippen LogP contribution in [0.25, 0.3) is 0 Å². The molecule has 2 heterocycles. The quantitative estimate of drug-likeness (QED) is 0.596. The molecule has 2 nitrogen and oxygen atoms in total. The summed E-state index contributed by atoms with van der Waals surface area (Å²) in [7, 11) is 0. The number of rotatable bonds is 1. The molecule has 0 amide bonds. The zero-order chi connectivity index (χ0) is 8.23. The van der Waals surface area contributed by atoms with E-state index in [0.717, 1.165) is 26.1 Å². The fraction of sp³-hybridized carbons (Fsp3) is 0.900. The Hall–Kier alpha value is -0.0800. The molecule has 0 aromatic carbocycles. The first kappa shape index (κ1) is 8.52. The molecule has 0 spiro atoms. The summed E-state index contributed by atoms with van der Waals surface area (Å²) in [4.78, 5) is 0. The monoisotopic (exact) mass is 168 g/mol. The molecule has 0 bridgehead atoms. The predicted molar refractivity (Wildman–Crippen MR) is 45.5 cm³/mol. The Balaban J connectivity index is 1.80. The zero-order valence-corrected chi connectivity index (χ0v) is 7.42. The van der Waals surface area contributed by atoms with Crippen LogP contribution in [0.15, 0.2) is 0 Å². The van der Waals surface area contributed by atoms with E-state index in [-0.39, 0.29) is 0 Å². The van der Waals surface area contributed by atoms with Crippen LogP contribution in [0.2, 0.25) is 0 Å². The lowest BCUT2D eigenvalue weighted by molar-refractivity contribution is -0.0437. The van der Waals surface area contributed by atoms with E-state index < -0.39 is 0 Å². The van der Waals surface area contributed by atoms with E-state index in [1.807, 2.05) is 0 Å². The average molecular weight is 168 g/mol. The predicted octanol–water partition coefficient (Wildman–Crippen LogP) is 2.02. The van der Waals surface area contributed by atoms with Crippen molar-refractivity contribution in [1.82, 2.24) is 0 Å². The van der Waals surface area contributed by atoms with Crippen LogP contribution in [0.4, 0.5) is 0 Å². The van der Waals surface area contributed by atoms with Crippen molar-refractivity contribution in [3.63, 3.8) is 0 Å². The molecular formula is C10H16O2. The van der Waals surface area contributed by atoms with E-state index in [1.165, 1.54) is 19.3 Å². The van der Waals surface area contributed by atoms with E-state index >= 15 is 0 Å². The Morgan fingerprint density at radius 1 is 1.08 bits per heavy atom. The maximum absolute atomic E-state index is 5.72. The van der Waals surface area contributed by atoms with Crippen molar-refractivity contribution in [3.8, 4) is 0 Å². The van der Waals surface area contributed by atoms with Crippen molar-refractivity contribution in [2.45, 2.75) is 38.2 Å². The standard InChI is InChI=1S/C10H16O2/c1-2-6-12-10(3-1)9-4-7-11-8-5-9/h9-10H,1-7H2. The van der Waals surface area contributed by atoms with Crippen LogP contribution in [0.3, 0.4) is 0 Å². The Bertz CT molecular complexity index is 108. The summed E-state index contributed by atoms with van der Waals surface area (Å²) in [5.74, 6) is 0.680. The van der Waals surface area contributed by atoms with Gasteiger partial charge < -0.3 is 9.47 Å². The van der Waals surface area contributed by atoms with E-state index in [1.54, 1.807) is 0 Å². The minimum atomic E-state index is 0.496. The Morgan fingerprint density at radius 3 is 2.75 bits per heavy atom. The third-order valence-electron chi connectivity index (χ3n) is 2.78. The molecule has 2 fully saturated rings. The summed E-state index contributed by atoms with van der Waals surface area (Å²) in [6.07, 6.45) is 6.43. The van der Waals surface area contributed by atoms with Crippen LogP contribution in [0, 0.1) is 12.5 Å². The summed E-state index contributed by atoms with van der Waals surface area (Å²) in [6, 6.07) is 0. The summed E-state index contributed by atoms with van der Waals surface area (Å²) < 4.78 is 10.8. The highest BCUT2D eigenvalue weighted by atomic mass is 16.5. The van der Waals surface area contributed by atoms with Gasteiger partial charge in [0, 0.05) is 13.2 Å². The molecule has 68 valence electrons. The van der Waals surface area contributed by atoms with Gasteiger partial charge in [-0.05, 0) is 38.0 Å². The molecule has 12 heavy (non-hydrogen) atoms. The summed E-state index contributed by atoms with van der Waals surface area (Å²) in [6.45, 7) is 4.75. The molecule has 2 aliphatic rings. The molecule has 2 aliphatic heterocycles. The number of hydrogen-bond donors (Lipinski definition) is 0. The minimum Gasteiger partial charge on any atom is -0.378 e. The second-order valence-corrected chi connectivity index (χ2v) is 3.65. The van der Waals surface area contributed by atoms with E-state index in [2.05, 4.69) is 6.61 Å². The lowest BCUT2D eigenvalue weighted by atomic mass is 9.89. The fourth-order valence-electron chi connectivity index (χ4n) is 2.01. The largest absolute Gasteiger partial charge is 0.378 e. The molecule has 0 aliphatic carbocycles. The van der Waals surface area contributed by atoms with Gasteiger partial charge in [-0.1, -0.05) is 0 Å². The molecule has 2 atom stereocenters. The zero-order valence-electron chi connectivity index (χ0n) is 7.42. The van der Waals surface area contributed by atoms with Gasteiger partial charge in [-0.3, -0.25) is 0 Å². The van der Waals surface area contributed by atoms with Crippen molar-refractivity contribution < 1.29 is 9.47 Å². The van der Waals surface area contributed by atoms with Crippen molar-refractivity contribution in [2.75, 3.05) is 13.2 Å². The third kappa shape index (κ3) is 1.99. The van der Waals surface area contributed by atoms with E-state index in [9.17, 15) is 0 Å². The van der Waals surface area contributed by atoms with Crippen molar-refractivity contribution in [2.24, 2.45) is 5.92 Å².